The number of aromatic nitrogens is 3. The number of thiophene rings is 1. The standard InChI is InChI=1S/C32H23N3O3S2/c1-36-24-10-4-3-7-21(24)29-28-20(22-14-15-33-32(35-22)39-2)8-5-9-23(28)34-31(30(29)27-11-6-16-40-27)19-12-13-25-26(17-19)38-18-37-25/h3-17H,18H2,1-2H3. The molecule has 1 aliphatic heterocycles. The van der Waals surface area contributed by atoms with E-state index < -0.39 is 0 Å². The topological polar surface area (TPSA) is 66.4 Å². The van der Waals surface area contributed by atoms with Gasteiger partial charge in [-0.05, 0) is 54.1 Å². The maximum absolute atomic E-state index is 5.93. The highest BCUT2D eigenvalue weighted by Gasteiger charge is 2.25. The second-order valence-electron chi connectivity index (χ2n) is 9.08. The van der Waals surface area contributed by atoms with E-state index in [-0.39, 0.29) is 6.79 Å². The van der Waals surface area contributed by atoms with Crippen molar-refractivity contribution in [1.29, 1.82) is 0 Å². The Kier molecular flexibility index (Phi) is 6.34. The van der Waals surface area contributed by atoms with Gasteiger partial charge in [-0.1, -0.05) is 48.2 Å². The lowest BCUT2D eigenvalue weighted by Gasteiger charge is -2.21. The molecular weight excluding hydrogens is 539 g/mol. The van der Waals surface area contributed by atoms with Crippen molar-refractivity contribution >= 4 is 34.0 Å². The lowest BCUT2D eigenvalue weighted by atomic mass is 9.88. The lowest BCUT2D eigenvalue weighted by molar-refractivity contribution is 0.174. The summed E-state index contributed by atoms with van der Waals surface area (Å²) in [7, 11) is 1.71. The van der Waals surface area contributed by atoms with Gasteiger partial charge < -0.3 is 14.2 Å². The Morgan fingerprint density at radius 2 is 1.73 bits per heavy atom. The summed E-state index contributed by atoms with van der Waals surface area (Å²) in [4.78, 5) is 15.7. The molecule has 0 bridgehead atoms. The molecule has 0 amide bonds. The molecule has 6 nitrogen and oxygen atoms in total. The van der Waals surface area contributed by atoms with E-state index in [4.69, 9.17) is 24.2 Å². The normalized spacial score (nSPS) is 12.2. The summed E-state index contributed by atoms with van der Waals surface area (Å²) in [6.45, 7) is 0.217. The van der Waals surface area contributed by atoms with E-state index in [1.165, 1.54) is 11.8 Å². The van der Waals surface area contributed by atoms with E-state index in [0.717, 1.165) is 77.4 Å². The monoisotopic (exact) mass is 561 g/mol. The Labute approximate surface area is 239 Å². The van der Waals surface area contributed by atoms with Gasteiger partial charge in [-0.25, -0.2) is 15.0 Å². The average Bonchev–Trinajstić information content (AvgIpc) is 3.72. The molecule has 3 aromatic carbocycles. The fourth-order valence-electron chi connectivity index (χ4n) is 5.15. The molecule has 0 fully saturated rings. The molecule has 40 heavy (non-hydrogen) atoms. The van der Waals surface area contributed by atoms with Crippen LogP contribution in [-0.2, 0) is 0 Å². The Morgan fingerprint density at radius 1 is 0.850 bits per heavy atom. The number of para-hydroxylation sites is 1. The van der Waals surface area contributed by atoms with Gasteiger partial charge in [0.15, 0.2) is 16.7 Å². The van der Waals surface area contributed by atoms with Crippen LogP contribution in [-0.4, -0.2) is 35.1 Å². The van der Waals surface area contributed by atoms with Gasteiger partial charge >= 0.3 is 0 Å². The van der Waals surface area contributed by atoms with Crippen LogP contribution in [0.3, 0.4) is 0 Å². The number of ether oxygens (including phenoxy) is 3. The second-order valence-corrected chi connectivity index (χ2v) is 10.8. The summed E-state index contributed by atoms with van der Waals surface area (Å²) in [5.74, 6) is 2.24. The summed E-state index contributed by atoms with van der Waals surface area (Å²) in [5.41, 5.74) is 7.54. The Bertz CT molecular complexity index is 1870. The van der Waals surface area contributed by atoms with Crippen LogP contribution in [0.25, 0.3) is 55.0 Å². The number of hydrogen-bond donors (Lipinski definition) is 0. The summed E-state index contributed by atoms with van der Waals surface area (Å²) in [6.07, 6.45) is 3.79. The molecule has 0 aliphatic carbocycles. The molecule has 0 radical (unpaired) electrons. The Balaban J connectivity index is 1.65. The van der Waals surface area contributed by atoms with Crippen LogP contribution in [0.2, 0.25) is 0 Å². The van der Waals surface area contributed by atoms with E-state index in [9.17, 15) is 0 Å². The molecule has 196 valence electrons. The highest BCUT2D eigenvalue weighted by atomic mass is 32.2. The molecule has 0 atom stereocenters. The molecule has 0 saturated heterocycles. The van der Waals surface area contributed by atoms with Gasteiger partial charge in [0.25, 0.3) is 0 Å². The van der Waals surface area contributed by atoms with Gasteiger partial charge in [0.05, 0.1) is 24.0 Å². The van der Waals surface area contributed by atoms with E-state index >= 15 is 0 Å². The largest absolute Gasteiger partial charge is 0.496 e. The first-order valence-corrected chi connectivity index (χ1v) is 14.8. The molecule has 0 spiro atoms. The number of nitrogens with zero attached hydrogens (tertiary/aromatic N) is 3. The third-order valence-electron chi connectivity index (χ3n) is 6.89. The molecule has 4 heterocycles. The van der Waals surface area contributed by atoms with Crippen molar-refractivity contribution in [2.45, 2.75) is 5.16 Å². The van der Waals surface area contributed by atoms with E-state index in [1.807, 2.05) is 61.0 Å². The van der Waals surface area contributed by atoms with Crippen molar-refractivity contribution < 1.29 is 14.2 Å². The van der Waals surface area contributed by atoms with Gasteiger partial charge in [-0.3, -0.25) is 0 Å². The van der Waals surface area contributed by atoms with E-state index in [1.54, 1.807) is 18.4 Å². The molecule has 6 aromatic rings. The minimum Gasteiger partial charge on any atom is -0.496 e. The summed E-state index contributed by atoms with van der Waals surface area (Å²) >= 11 is 3.21. The zero-order valence-corrected chi connectivity index (χ0v) is 23.4. The quantitative estimate of drug-likeness (QED) is 0.150. The number of fused-ring (bicyclic) bond motifs is 2. The van der Waals surface area contributed by atoms with Crippen LogP contribution >= 0.6 is 23.1 Å². The van der Waals surface area contributed by atoms with Gasteiger partial charge in [-0.15, -0.1) is 11.3 Å². The minimum absolute atomic E-state index is 0.217. The van der Waals surface area contributed by atoms with Gasteiger partial charge in [0, 0.05) is 44.3 Å². The molecule has 0 saturated carbocycles. The zero-order chi connectivity index (χ0) is 27.1. The van der Waals surface area contributed by atoms with Crippen molar-refractivity contribution in [2.75, 3.05) is 20.2 Å². The third-order valence-corrected chi connectivity index (χ3v) is 8.34. The maximum atomic E-state index is 5.93. The minimum atomic E-state index is 0.217. The smallest absolute Gasteiger partial charge is 0.231 e. The second kappa shape index (κ2) is 10.3. The number of thioether (sulfide) groups is 1. The fourth-order valence-corrected chi connectivity index (χ4v) is 6.29. The first-order valence-electron chi connectivity index (χ1n) is 12.7. The fraction of sp³-hybridized carbons (Fsp3) is 0.0938. The number of rotatable bonds is 6. The van der Waals surface area contributed by atoms with Crippen LogP contribution in [0, 0.1) is 0 Å². The van der Waals surface area contributed by atoms with Gasteiger partial charge in [-0.2, -0.15) is 0 Å². The Morgan fingerprint density at radius 3 is 2.58 bits per heavy atom. The van der Waals surface area contributed by atoms with Crippen LogP contribution in [0.15, 0.2) is 95.6 Å². The van der Waals surface area contributed by atoms with Crippen molar-refractivity contribution in [3.8, 4) is 61.3 Å². The molecule has 3 aromatic heterocycles. The highest BCUT2D eigenvalue weighted by molar-refractivity contribution is 7.98. The highest BCUT2D eigenvalue weighted by Crippen LogP contribution is 2.50. The Hall–Kier alpha value is -4.40. The number of pyridine rings is 1. The van der Waals surface area contributed by atoms with Crippen molar-refractivity contribution in [3.63, 3.8) is 0 Å². The molecule has 1 aliphatic rings. The predicted octanol–water partition coefficient (Wildman–Crippen LogP) is 8.21. The summed E-state index contributed by atoms with van der Waals surface area (Å²) < 4.78 is 17.3. The van der Waals surface area contributed by atoms with Crippen LogP contribution in [0.1, 0.15) is 0 Å². The van der Waals surface area contributed by atoms with E-state index in [2.05, 4.69) is 40.7 Å². The predicted molar refractivity (Wildman–Crippen MR) is 161 cm³/mol. The zero-order valence-electron chi connectivity index (χ0n) is 21.8. The first-order chi connectivity index (χ1) is 19.7. The van der Waals surface area contributed by atoms with Crippen LogP contribution < -0.4 is 14.2 Å². The first kappa shape index (κ1) is 24.6. The maximum Gasteiger partial charge on any atom is 0.231 e. The van der Waals surface area contributed by atoms with Gasteiger partial charge in [0.1, 0.15) is 5.75 Å². The van der Waals surface area contributed by atoms with Crippen molar-refractivity contribution in [3.05, 3.63) is 90.4 Å². The molecule has 0 unspecified atom stereocenters. The molecule has 8 heteroatoms. The van der Waals surface area contributed by atoms with Gasteiger partial charge in [0.2, 0.25) is 6.79 Å². The number of hydrogen-bond acceptors (Lipinski definition) is 8. The van der Waals surface area contributed by atoms with Crippen molar-refractivity contribution in [1.82, 2.24) is 15.0 Å². The SMILES string of the molecule is COc1ccccc1-c1c(-c2cccs2)c(-c2ccc3c(c2)OCO3)nc2cccc(-c3ccnc(SC)n3)c12. The third kappa shape index (κ3) is 4.16. The summed E-state index contributed by atoms with van der Waals surface area (Å²) in [5, 5.41) is 3.82. The number of methoxy groups -OCH3 is 1. The van der Waals surface area contributed by atoms with Crippen LogP contribution in [0.4, 0.5) is 0 Å². The van der Waals surface area contributed by atoms with Crippen molar-refractivity contribution in [2.24, 2.45) is 0 Å². The van der Waals surface area contributed by atoms with Crippen LogP contribution in [0.5, 0.6) is 17.2 Å². The molecule has 0 N–H and O–H groups in total. The van der Waals surface area contributed by atoms with E-state index in [0.29, 0.717) is 0 Å². The average molecular weight is 562 g/mol. The number of benzene rings is 3. The summed E-state index contributed by atoms with van der Waals surface area (Å²) in [6, 6.07) is 26.5. The molecule has 7 rings (SSSR count). The molecular formula is C32H23N3O3S2. The lowest BCUT2D eigenvalue weighted by Crippen LogP contribution is -1.99.